The minimum atomic E-state index is -0.814. The molecule has 3 N–H and O–H groups in total. The van der Waals surface area contributed by atoms with Crippen LogP contribution in [0.1, 0.15) is 12.5 Å². The van der Waals surface area contributed by atoms with Crippen LogP contribution >= 0.6 is 0 Å². The summed E-state index contributed by atoms with van der Waals surface area (Å²) < 4.78 is 0. The Morgan fingerprint density at radius 1 is 1.41 bits per heavy atom. The van der Waals surface area contributed by atoms with E-state index < -0.39 is 16.4 Å². The summed E-state index contributed by atoms with van der Waals surface area (Å²) in [6.45, 7) is 2.87. The van der Waals surface area contributed by atoms with Crippen molar-refractivity contribution < 1.29 is 19.9 Å². The molecule has 1 aromatic rings. The Labute approximate surface area is 128 Å². The van der Waals surface area contributed by atoms with Gasteiger partial charge in [0.15, 0.2) is 0 Å². The largest absolute Gasteiger partial charge is 0.396 e. The molecule has 0 atom stereocenters. The fourth-order valence-corrected chi connectivity index (χ4v) is 1.90. The van der Waals surface area contributed by atoms with Crippen LogP contribution in [-0.4, -0.2) is 52.9 Å². The molecule has 0 saturated heterocycles. The number of carbonyl (C=O) groups excluding carboxylic acids is 1. The van der Waals surface area contributed by atoms with Crippen LogP contribution in [0, 0.1) is 22.5 Å². The van der Waals surface area contributed by atoms with E-state index >= 15 is 0 Å². The number of nitro benzene ring substituents is 1. The monoisotopic (exact) mass is 311 g/mol. The summed E-state index contributed by atoms with van der Waals surface area (Å²) >= 11 is 0. The number of aryl methyl sites for hydroxylation is 1. The third-order valence-corrected chi connectivity index (χ3v) is 3.39. The van der Waals surface area contributed by atoms with Gasteiger partial charge in [-0.2, -0.15) is 0 Å². The molecule has 0 aliphatic heterocycles. The molecule has 0 spiro atoms. The van der Waals surface area contributed by atoms with Crippen molar-refractivity contribution in [2.24, 2.45) is 5.41 Å². The molecule has 1 aromatic carbocycles. The first-order valence-corrected chi connectivity index (χ1v) is 6.71. The number of aliphatic hydroxyl groups excluding tert-OH is 2. The van der Waals surface area contributed by atoms with Crippen molar-refractivity contribution in [1.29, 1.82) is 0 Å². The zero-order valence-corrected chi connectivity index (χ0v) is 12.9. The molecule has 0 heterocycles. The number of nitro groups is 1. The summed E-state index contributed by atoms with van der Waals surface area (Å²) in [4.78, 5) is 23.7. The highest BCUT2D eigenvalue weighted by atomic mass is 16.6. The summed E-state index contributed by atoms with van der Waals surface area (Å²) in [5.74, 6) is 0. The zero-order valence-electron chi connectivity index (χ0n) is 12.9. The Morgan fingerprint density at radius 3 is 2.50 bits per heavy atom. The SMILES string of the molecule is Cc1ccc(NC(=O)N(C)CC(C)(CO)CO)cc1[N+](=O)[O-]. The van der Waals surface area contributed by atoms with Gasteiger partial charge in [0.25, 0.3) is 5.69 Å². The highest BCUT2D eigenvalue weighted by molar-refractivity contribution is 5.89. The van der Waals surface area contributed by atoms with Gasteiger partial charge in [-0.05, 0) is 13.0 Å². The van der Waals surface area contributed by atoms with Crippen LogP contribution in [0.15, 0.2) is 18.2 Å². The van der Waals surface area contributed by atoms with E-state index in [9.17, 15) is 25.1 Å². The summed E-state index contributed by atoms with van der Waals surface area (Å²) in [7, 11) is 1.52. The van der Waals surface area contributed by atoms with Gasteiger partial charge in [0.1, 0.15) is 0 Å². The molecule has 122 valence electrons. The molecular formula is C14H21N3O5. The third kappa shape index (κ3) is 4.40. The molecule has 1 rings (SSSR count). The Bertz CT molecular complexity index is 557. The van der Waals surface area contributed by atoms with Crippen molar-refractivity contribution in [3.05, 3.63) is 33.9 Å². The van der Waals surface area contributed by atoms with Crippen molar-refractivity contribution in [1.82, 2.24) is 4.90 Å². The number of rotatable bonds is 6. The molecule has 22 heavy (non-hydrogen) atoms. The number of carbonyl (C=O) groups is 1. The summed E-state index contributed by atoms with van der Waals surface area (Å²) in [6.07, 6.45) is 0. The molecule has 0 aliphatic carbocycles. The molecule has 0 bridgehead atoms. The molecule has 8 heteroatoms. The third-order valence-electron chi connectivity index (χ3n) is 3.39. The van der Waals surface area contributed by atoms with Gasteiger partial charge in [-0.1, -0.05) is 13.0 Å². The second-order valence-corrected chi connectivity index (χ2v) is 5.67. The second kappa shape index (κ2) is 7.19. The summed E-state index contributed by atoms with van der Waals surface area (Å²) in [5, 5.41) is 31.9. The topological polar surface area (TPSA) is 116 Å². The van der Waals surface area contributed by atoms with E-state index in [1.54, 1.807) is 26.0 Å². The first-order chi connectivity index (χ1) is 10.2. The highest BCUT2D eigenvalue weighted by Crippen LogP contribution is 2.23. The van der Waals surface area contributed by atoms with Gasteiger partial charge in [-0.3, -0.25) is 10.1 Å². The molecule has 0 radical (unpaired) electrons. The fourth-order valence-electron chi connectivity index (χ4n) is 1.90. The molecule has 0 aliphatic rings. The zero-order chi connectivity index (χ0) is 16.9. The minimum Gasteiger partial charge on any atom is -0.396 e. The fraction of sp³-hybridized carbons (Fsp3) is 0.500. The van der Waals surface area contributed by atoms with Gasteiger partial charge in [0.05, 0.1) is 18.1 Å². The lowest BCUT2D eigenvalue weighted by Gasteiger charge is -2.30. The highest BCUT2D eigenvalue weighted by Gasteiger charge is 2.26. The maximum absolute atomic E-state index is 12.1. The van der Waals surface area contributed by atoms with Gasteiger partial charge < -0.3 is 20.4 Å². The first-order valence-electron chi connectivity index (χ1n) is 6.71. The van der Waals surface area contributed by atoms with Crippen molar-refractivity contribution in [3.63, 3.8) is 0 Å². The molecule has 0 saturated carbocycles. The van der Waals surface area contributed by atoms with Crippen LogP contribution in [-0.2, 0) is 0 Å². The standard InChI is InChI=1S/C14H21N3O5/c1-10-4-5-11(6-12(10)17(21)22)15-13(20)16(3)7-14(2,8-18)9-19/h4-6,18-19H,7-9H2,1-3H3,(H,15,20). The number of urea groups is 1. The van der Waals surface area contributed by atoms with Crippen molar-refractivity contribution in [2.75, 3.05) is 32.1 Å². The molecule has 2 amide bonds. The van der Waals surface area contributed by atoms with Crippen LogP contribution in [0.2, 0.25) is 0 Å². The van der Waals surface area contributed by atoms with E-state index in [0.29, 0.717) is 11.3 Å². The number of benzene rings is 1. The van der Waals surface area contributed by atoms with Crippen LogP contribution in [0.4, 0.5) is 16.2 Å². The maximum Gasteiger partial charge on any atom is 0.321 e. The molecule has 0 unspecified atom stereocenters. The Morgan fingerprint density at radius 2 is 2.00 bits per heavy atom. The number of aliphatic hydroxyl groups is 2. The van der Waals surface area contributed by atoms with E-state index in [-0.39, 0.29) is 25.4 Å². The Balaban J connectivity index is 2.80. The predicted molar refractivity (Wildman–Crippen MR) is 81.8 cm³/mol. The average Bonchev–Trinajstić information content (AvgIpc) is 2.48. The first kappa shape index (κ1) is 17.9. The number of hydrogen-bond donors (Lipinski definition) is 3. The number of hydrogen-bond acceptors (Lipinski definition) is 5. The van der Waals surface area contributed by atoms with E-state index in [4.69, 9.17) is 0 Å². The van der Waals surface area contributed by atoms with E-state index in [2.05, 4.69) is 5.32 Å². The lowest BCUT2D eigenvalue weighted by atomic mass is 9.92. The number of anilines is 1. The van der Waals surface area contributed by atoms with Crippen molar-refractivity contribution in [2.45, 2.75) is 13.8 Å². The number of nitrogens with one attached hydrogen (secondary N) is 1. The smallest absolute Gasteiger partial charge is 0.321 e. The number of nitrogens with zero attached hydrogens (tertiary/aromatic N) is 2. The molecular weight excluding hydrogens is 290 g/mol. The van der Waals surface area contributed by atoms with Crippen LogP contribution < -0.4 is 5.32 Å². The second-order valence-electron chi connectivity index (χ2n) is 5.67. The van der Waals surface area contributed by atoms with E-state index in [1.165, 1.54) is 18.0 Å². The molecule has 0 fully saturated rings. The lowest BCUT2D eigenvalue weighted by molar-refractivity contribution is -0.385. The van der Waals surface area contributed by atoms with Crippen molar-refractivity contribution >= 4 is 17.4 Å². The van der Waals surface area contributed by atoms with Crippen LogP contribution in [0.5, 0.6) is 0 Å². The van der Waals surface area contributed by atoms with Crippen LogP contribution in [0.25, 0.3) is 0 Å². The number of amides is 2. The normalized spacial score (nSPS) is 11.1. The molecule has 0 aromatic heterocycles. The quantitative estimate of drug-likeness (QED) is 0.542. The van der Waals surface area contributed by atoms with E-state index in [1.807, 2.05) is 0 Å². The van der Waals surface area contributed by atoms with E-state index in [0.717, 1.165) is 0 Å². The van der Waals surface area contributed by atoms with Crippen LogP contribution in [0.3, 0.4) is 0 Å². The van der Waals surface area contributed by atoms with Crippen molar-refractivity contribution in [3.8, 4) is 0 Å². The average molecular weight is 311 g/mol. The van der Waals surface area contributed by atoms with Gasteiger partial charge in [0, 0.05) is 36.3 Å². The maximum atomic E-state index is 12.1. The van der Waals surface area contributed by atoms with Gasteiger partial charge >= 0.3 is 6.03 Å². The summed E-state index contributed by atoms with van der Waals surface area (Å²) in [6, 6.07) is 3.94. The predicted octanol–water partition coefficient (Wildman–Crippen LogP) is 1.36. The van der Waals surface area contributed by atoms with Gasteiger partial charge in [-0.15, -0.1) is 0 Å². The van der Waals surface area contributed by atoms with Gasteiger partial charge in [0.2, 0.25) is 0 Å². The Hall–Kier alpha value is -2.19. The lowest BCUT2D eigenvalue weighted by Crippen LogP contribution is -2.43. The summed E-state index contributed by atoms with van der Waals surface area (Å²) in [5.41, 5.74) is -0.0740. The van der Waals surface area contributed by atoms with Gasteiger partial charge in [-0.25, -0.2) is 4.79 Å². The minimum absolute atomic E-state index is 0.0731. The Kier molecular flexibility index (Phi) is 5.84. The molecule has 8 nitrogen and oxygen atoms in total.